The molecule has 1 saturated carbocycles. The van der Waals surface area contributed by atoms with Crippen LogP contribution in [0, 0.1) is 6.92 Å². The lowest BCUT2D eigenvalue weighted by Gasteiger charge is -2.32. The number of rotatable bonds is 4. The molecule has 1 aliphatic rings. The molecule has 0 radical (unpaired) electrons. The lowest BCUT2D eigenvalue weighted by Crippen LogP contribution is -2.46. The average molecular weight is 224 g/mol. The fourth-order valence-electron chi connectivity index (χ4n) is 2.25. The Morgan fingerprint density at radius 3 is 2.81 bits per heavy atom. The third-order valence-corrected chi connectivity index (χ3v) is 3.17. The number of hydrogen-bond donors (Lipinski definition) is 1. The van der Waals surface area contributed by atoms with Gasteiger partial charge in [-0.15, -0.1) is 0 Å². The monoisotopic (exact) mass is 224 g/mol. The third kappa shape index (κ3) is 3.06. The summed E-state index contributed by atoms with van der Waals surface area (Å²) in [4.78, 5) is 0. The lowest BCUT2D eigenvalue weighted by molar-refractivity contribution is 0.0545. The van der Waals surface area contributed by atoms with Gasteiger partial charge in [0.25, 0.3) is 0 Å². The maximum atomic E-state index is 6.26. The summed E-state index contributed by atoms with van der Waals surface area (Å²) in [7, 11) is 0. The molecule has 1 aromatic heterocycles. The van der Waals surface area contributed by atoms with Crippen LogP contribution in [0.1, 0.15) is 43.6 Å². The summed E-state index contributed by atoms with van der Waals surface area (Å²) in [5, 5.41) is 3.88. The van der Waals surface area contributed by atoms with E-state index in [1.165, 1.54) is 19.3 Å². The predicted octanol–water partition coefficient (Wildman–Crippen LogP) is 2.16. The largest absolute Gasteiger partial charge is 0.373 e. The number of nitrogens with zero attached hydrogens (tertiary/aromatic N) is 1. The minimum Gasteiger partial charge on any atom is -0.373 e. The maximum absolute atomic E-state index is 6.26. The standard InChI is InChI=1S/C12H20N2O2/c1-10-7-11(14-16-10)8-15-9-12(13)5-3-2-4-6-12/h7H,2-6,8-9,13H2,1H3. The van der Waals surface area contributed by atoms with Crippen LogP contribution in [0.3, 0.4) is 0 Å². The maximum Gasteiger partial charge on any atom is 0.134 e. The SMILES string of the molecule is Cc1cc(COCC2(N)CCCCC2)no1. The molecule has 0 unspecified atom stereocenters. The Balaban J connectivity index is 1.74. The zero-order valence-electron chi connectivity index (χ0n) is 9.87. The van der Waals surface area contributed by atoms with Crippen molar-refractivity contribution in [2.24, 2.45) is 5.73 Å². The van der Waals surface area contributed by atoms with Crippen molar-refractivity contribution >= 4 is 0 Å². The van der Waals surface area contributed by atoms with Crippen molar-refractivity contribution in [2.45, 2.75) is 51.2 Å². The Kier molecular flexibility index (Phi) is 3.61. The van der Waals surface area contributed by atoms with E-state index in [9.17, 15) is 0 Å². The van der Waals surface area contributed by atoms with E-state index in [-0.39, 0.29) is 5.54 Å². The Labute approximate surface area is 96.1 Å². The van der Waals surface area contributed by atoms with Crippen molar-refractivity contribution in [1.82, 2.24) is 5.16 Å². The van der Waals surface area contributed by atoms with E-state index >= 15 is 0 Å². The number of aromatic nitrogens is 1. The number of hydrogen-bond acceptors (Lipinski definition) is 4. The first kappa shape index (κ1) is 11.6. The first-order chi connectivity index (χ1) is 7.68. The second-order valence-corrected chi connectivity index (χ2v) is 4.84. The number of aryl methyl sites for hydroxylation is 1. The summed E-state index contributed by atoms with van der Waals surface area (Å²) in [5.41, 5.74) is 6.99. The first-order valence-electron chi connectivity index (χ1n) is 5.97. The molecule has 90 valence electrons. The number of ether oxygens (including phenoxy) is 1. The van der Waals surface area contributed by atoms with Crippen LogP contribution in [0.2, 0.25) is 0 Å². The molecule has 0 atom stereocenters. The molecule has 0 aliphatic heterocycles. The fraction of sp³-hybridized carbons (Fsp3) is 0.750. The molecule has 2 rings (SSSR count). The molecule has 1 aromatic rings. The molecule has 0 saturated heterocycles. The summed E-state index contributed by atoms with van der Waals surface area (Å²) >= 11 is 0. The predicted molar refractivity (Wildman–Crippen MR) is 60.9 cm³/mol. The molecule has 2 N–H and O–H groups in total. The van der Waals surface area contributed by atoms with Gasteiger partial charge in [-0.05, 0) is 19.8 Å². The van der Waals surface area contributed by atoms with Gasteiger partial charge in [0.2, 0.25) is 0 Å². The van der Waals surface area contributed by atoms with Crippen molar-refractivity contribution < 1.29 is 9.26 Å². The second kappa shape index (κ2) is 4.97. The summed E-state index contributed by atoms with van der Waals surface area (Å²) in [6, 6.07) is 1.89. The van der Waals surface area contributed by atoms with Crippen LogP contribution >= 0.6 is 0 Å². The minimum atomic E-state index is -0.114. The van der Waals surface area contributed by atoms with Crippen LogP contribution in [0.15, 0.2) is 10.6 Å². The van der Waals surface area contributed by atoms with E-state index in [1.807, 2.05) is 13.0 Å². The van der Waals surface area contributed by atoms with Crippen LogP contribution in [-0.4, -0.2) is 17.3 Å². The molecule has 4 nitrogen and oxygen atoms in total. The van der Waals surface area contributed by atoms with E-state index in [2.05, 4.69) is 5.16 Å². The highest BCUT2D eigenvalue weighted by atomic mass is 16.5. The molecule has 1 fully saturated rings. The number of nitrogens with two attached hydrogens (primary N) is 1. The van der Waals surface area contributed by atoms with Crippen LogP contribution in [0.25, 0.3) is 0 Å². The van der Waals surface area contributed by atoms with Gasteiger partial charge in [-0.1, -0.05) is 24.4 Å². The normalized spacial score (nSPS) is 19.9. The average Bonchev–Trinajstić information content (AvgIpc) is 2.65. The molecule has 0 bridgehead atoms. The third-order valence-electron chi connectivity index (χ3n) is 3.17. The highest BCUT2D eigenvalue weighted by molar-refractivity contribution is 5.02. The smallest absolute Gasteiger partial charge is 0.134 e. The zero-order valence-corrected chi connectivity index (χ0v) is 9.87. The molecule has 1 heterocycles. The van der Waals surface area contributed by atoms with Gasteiger partial charge in [0.1, 0.15) is 11.5 Å². The zero-order chi connectivity index (χ0) is 11.4. The molecule has 0 spiro atoms. The topological polar surface area (TPSA) is 61.3 Å². The summed E-state index contributed by atoms with van der Waals surface area (Å²) in [5.74, 6) is 0.818. The lowest BCUT2D eigenvalue weighted by atomic mass is 9.83. The van der Waals surface area contributed by atoms with Crippen LogP contribution < -0.4 is 5.73 Å². The van der Waals surface area contributed by atoms with E-state index in [4.69, 9.17) is 15.0 Å². The van der Waals surface area contributed by atoms with E-state index < -0.39 is 0 Å². The summed E-state index contributed by atoms with van der Waals surface area (Å²) in [6.07, 6.45) is 5.91. The van der Waals surface area contributed by atoms with Crippen LogP contribution in [0.4, 0.5) is 0 Å². The van der Waals surface area contributed by atoms with Gasteiger partial charge >= 0.3 is 0 Å². The Morgan fingerprint density at radius 2 is 2.19 bits per heavy atom. The molecule has 1 aliphatic carbocycles. The van der Waals surface area contributed by atoms with Gasteiger partial charge < -0.3 is 15.0 Å². The highest BCUT2D eigenvalue weighted by Crippen LogP contribution is 2.26. The van der Waals surface area contributed by atoms with Crippen molar-refractivity contribution in [3.05, 3.63) is 17.5 Å². The molecule has 4 heteroatoms. The second-order valence-electron chi connectivity index (χ2n) is 4.84. The van der Waals surface area contributed by atoms with Gasteiger partial charge in [-0.3, -0.25) is 0 Å². The summed E-state index contributed by atoms with van der Waals surface area (Å²) in [6.45, 7) is 3.00. The first-order valence-corrected chi connectivity index (χ1v) is 5.97. The minimum absolute atomic E-state index is 0.114. The Hall–Kier alpha value is -0.870. The van der Waals surface area contributed by atoms with Crippen molar-refractivity contribution in [2.75, 3.05) is 6.61 Å². The van der Waals surface area contributed by atoms with Crippen LogP contribution in [-0.2, 0) is 11.3 Å². The van der Waals surface area contributed by atoms with Gasteiger partial charge in [0.05, 0.1) is 13.2 Å². The quantitative estimate of drug-likeness (QED) is 0.851. The van der Waals surface area contributed by atoms with E-state index in [0.29, 0.717) is 13.2 Å². The molecular weight excluding hydrogens is 204 g/mol. The van der Waals surface area contributed by atoms with Gasteiger partial charge in [-0.25, -0.2) is 0 Å². The highest BCUT2D eigenvalue weighted by Gasteiger charge is 2.27. The Bertz CT molecular complexity index is 330. The van der Waals surface area contributed by atoms with E-state index in [0.717, 1.165) is 24.3 Å². The van der Waals surface area contributed by atoms with Crippen molar-refractivity contribution in [3.63, 3.8) is 0 Å². The molecule has 0 aromatic carbocycles. The fourth-order valence-corrected chi connectivity index (χ4v) is 2.25. The summed E-state index contributed by atoms with van der Waals surface area (Å²) < 4.78 is 10.6. The molecule has 16 heavy (non-hydrogen) atoms. The van der Waals surface area contributed by atoms with Crippen LogP contribution in [0.5, 0.6) is 0 Å². The Morgan fingerprint density at radius 1 is 1.44 bits per heavy atom. The molecular formula is C12H20N2O2. The van der Waals surface area contributed by atoms with E-state index in [1.54, 1.807) is 0 Å². The molecule has 0 amide bonds. The van der Waals surface area contributed by atoms with Crippen molar-refractivity contribution in [1.29, 1.82) is 0 Å². The van der Waals surface area contributed by atoms with Gasteiger partial charge in [0.15, 0.2) is 0 Å². The van der Waals surface area contributed by atoms with Gasteiger partial charge in [-0.2, -0.15) is 0 Å². The van der Waals surface area contributed by atoms with Gasteiger partial charge in [0, 0.05) is 11.6 Å². The van der Waals surface area contributed by atoms with Crippen molar-refractivity contribution in [3.8, 4) is 0 Å².